The summed E-state index contributed by atoms with van der Waals surface area (Å²) < 4.78 is 0. The molecular weight excluding hydrogens is 248 g/mol. The molecule has 0 fully saturated rings. The molecule has 0 rings (SSSR count). The highest BCUT2D eigenvalue weighted by molar-refractivity contribution is 7.99. The zero-order valence-corrected chi connectivity index (χ0v) is 11.6. The van der Waals surface area contributed by atoms with Gasteiger partial charge in [0.1, 0.15) is 0 Å². The average Bonchev–Trinajstić information content (AvgIpc) is 2.29. The molecule has 0 aliphatic rings. The van der Waals surface area contributed by atoms with Crippen LogP contribution < -0.4 is 0 Å². The molecule has 0 aromatic carbocycles. The van der Waals surface area contributed by atoms with Gasteiger partial charge >= 0.3 is 5.97 Å². The summed E-state index contributed by atoms with van der Waals surface area (Å²) in [7, 11) is 0. The molecule has 1 unspecified atom stereocenters. The third-order valence-electron chi connectivity index (χ3n) is 1.99. The predicted molar refractivity (Wildman–Crippen MR) is 77.9 cm³/mol. The van der Waals surface area contributed by atoms with E-state index in [9.17, 15) is 4.79 Å². The lowest BCUT2D eigenvalue weighted by atomic mass is 10.2. The predicted octanol–water partition coefficient (Wildman–Crippen LogP) is 3.02. The van der Waals surface area contributed by atoms with Crippen LogP contribution in [0.5, 0.6) is 0 Å². The summed E-state index contributed by atoms with van der Waals surface area (Å²) in [6, 6.07) is 0. The van der Waals surface area contributed by atoms with Gasteiger partial charge in [-0.05, 0) is 19.8 Å². The number of aliphatic hydroxyl groups excluding tert-OH is 1. The van der Waals surface area contributed by atoms with Crippen molar-refractivity contribution in [3.8, 4) is 0 Å². The Bertz CT molecular complexity index is 293. The molecule has 0 amide bonds. The standard InChI is InChI=1S/C14H22O3S/c1-13(15)9-5-4-8-12-18-11-7-3-2-6-10-14(16)17/h3-5,7-9,13,15H,2,6,10-12H2,1H3,(H,16,17)/b7-3+,8-4+,9-5+. The molecule has 102 valence electrons. The molecule has 3 nitrogen and oxygen atoms in total. The second-order valence-electron chi connectivity index (χ2n) is 3.85. The number of aliphatic hydroxyl groups is 1. The van der Waals surface area contributed by atoms with E-state index in [4.69, 9.17) is 10.2 Å². The molecule has 0 bridgehead atoms. The van der Waals surface area contributed by atoms with Gasteiger partial charge in [0.05, 0.1) is 6.10 Å². The Hall–Kier alpha value is -1.00. The first kappa shape index (κ1) is 17.0. The Kier molecular flexibility index (Phi) is 11.8. The molecule has 2 N–H and O–H groups in total. The normalized spacial score (nSPS) is 13.9. The fourth-order valence-electron chi connectivity index (χ4n) is 1.12. The molecule has 0 spiro atoms. The van der Waals surface area contributed by atoms with Crippen molar-refractivity contribution in [1.82, 2.24) is 0 Å². The van der Waals surface area contributed by atoms with Crippen molar-refractivity contribution in [2.75, 3.05) is 11.5 Å². The third-order valence-corrected chi connectivity index (χ3v) is 2.85. The first-order valence-electron chi connectivity index (χ1n) is 6.09. The van der Waals surface area contributed by atoms with Crippen LogP contribution >= 0.6 is 11.8 Å². The second-order valence-corrected chi connectivity index (χ2v) is 4.92. The molecule has 4 heteroatoms. The van der Waals surface area contributed by atoms with E-state index >= 15 is 0 Å². The lowest BCUT2D eigenvalue weighted by Crippen LogP contribution is -1.92. The van der Waals surface area contributed by atoms with E-state index in [-0.39, 0.29) is 6.42 Å². The zero-order chi connectivity index (χ0) is 13.6. The largest absolute Gasteiger partial charge is 0.481 e. The minimum Gasteiger partial charge on any atom is -0.481 e. The minimum absolute atomic E-state index is 0.246. The van der Waals surface area contributed by atoms with E-state index in [1.165, 1.54) is 0 Å². The van der Waals surface area contributed by atoms with Gasteiger partial charge in [0.25, 0.3) is 0 Å². The quantitative estimate of drug-likeness (QED) is 0.364. The zero-order valence-electron chi connectivity index (χ0n) is 10.8. The lowest BCUT2D eigenvalue weighted by Gasteiger charge is -1.92. The molecule has 0 aromatic heterocycles. The first-order chi connectivity index (χ1) is 8.63. The van der Waals surface area contributed by atoms with Gasteiger partial charge in [-0.1, -0.05) is 36.5 Å². The summed E-state index contributed by atoms with van der Waals surface area (Å²) in [6.07, 6.45) is 13.0. The molecule has 0 aliphatic carbocycles. The number of rotatable bonds is 10. The molecule has 0 radical (unpaired) electrons. The summed E-state index contributed by atoms with van der Waals surface area (Å²) in [5.74, 6) is 1.15. The third kappa shape index (κ3) is 15.0. The number of unbranched alkanes of at least 4 members (excludes halogenated alkanes) is 1. The number of carbonyl (C=O) groups is 1. The van der Waals surface area contributed by atoms with Gasteiger partial charge in [-0.2, -0.15) is 11.8 Å². The first-order valence-corrected chi connectivity index (χ1v) is 7.24. The van der Waals surface area contributed by atoms with Gasteiger partial charge in [0.15, 0.2) is 0 Å². The molecule has 0 saturated carbocycles. The van der Waals surface area contributed by atoms with E-state index in [2.05, 4.69) is 6.08 Å². The average molecular weight is 270 g/mol. The summed E-state index contributed by atoms with van der Waals surface area (Å²) in [5.41, 5.74) is 0. The molecule has 1 atom stereocenters. The topological polar surface area (TPSA) is 57.5 Å². The number of carboxylic acid groups (broad SMARTS) is 1. The fraction of sp³-hybridized carbons (Fsp3) is 0.500. The molecule has 18 heavy (non-hydrogen) atoms. The Balaban J connectivity index is 3.34. The van der Waals surface area contributed by atoms with Gasteiger partial charge in [0, 0.05) is 17.9 Å². The van der Waals surface area contributed by atoms with Crippen LogP contribution in [-0.2, 0) is 4.79 Å². The summed E-state index contributed by atoms with van der Waals surface area (Å²) in [4.78, 5) is 10.2. The van der Waals surface area contributed by atoms with Crippen LogP contribution in [0.1, 0.15) is 26.2 Å². The van der Waals surface area contributed by atoms with E-state index in [1.807, 2.05) is 24.3 Å². The molecule has 0 aliphatic heterocycles. The monoisotopic (exact) mass is 270 g/mol. The fourth-order valence-corrected chi connectivity index (χ4v) is 1.78. The molecule has 0 saturated heterocycles. The van der Waals surface area contributed by atoms with E-state index in [0.29, 0.717) is 6.42 Å². The van der Waals surface area contributed by atoms with Crippen LogP contribution in [0.4, 0.5) is 0 Å². The SMILES string of the molecule is CC(O)/C=C/C=C/CSC/C=C/CCCC(=O)O. The highest BCUT2D eigenvalue weighted by Gasteiger charge is 1.92. The van der Waals surface area contributed by atoms with Crippen molar-refractivity contribution in [3.63, 3.8) is 0 Å². The van der Waals surface area contributed by atoms with Gasteiger partial charge in [-0.25, -0.2) is 0 Å². The molecule has 0 aromatic rings. The van der Waals surface area contributed by atoms with Gasteiger partial charge in [-0.3, -0.25) is 4.79 Å². The number of aliphatic carboxylic acids is 1. The van der Waals surface area contributed by atoms with Gasteiger partial charge < -0.3 is 10.2 Å². The number of hydrogen-bond donors (Lipinski definition) is 2. The highest BCUT2D eigenvalue weighted by atomic mass is 32.2. The second kappa shape index (κ2) is 12.5. The van der Waals surface area contributed by atoms with Crippen molar-refractivity contribution in [1.29, 1.82) is 0 Å². The van der Waals surface area contributed by atoms with Crippen molar-refractivity contribution in [3.05, 3.63) is 36.5 Å². The van der Waals surface area contributed by atoms with E-state index in [0.717, 1.165) is 17.9 Å². The van der Waals surface area contributed by atoms with Crippen LogP contribution in [0.15, 0.2) is 36.5 Å². The minimum atomic E-state index is -0.729. The van der Waals surface area contributed by atoms with Crippen LogP contribution in [0.2, 0.25) is 0 Å². The highest BCUT2D eigenvalue weighted by Crippen LogP contribution is 2.03. The molecule has 0 heterocycles. The van der Waals surface area contributed by atoms with Crippen LogP contribution in [0.3, 0.4) is 0 Å². The van der Waals surface area contributed by atoms with Crippen molar-refractivity contribution < 1.29 is 15.0 Å². The molecular formula is C14H22O3S. The Morgan fingerprint density at radius 3 is 2.61 bits per heavy atom. The Morgan fingerprint density at radius 2 is 1.94 bits per heavy atom. The van der Waals surface area contributed by atoms with Crippen molar-refractivity contribution in [2.45, 2.75) is 32.3 Å². The number of allylic oxidation sites excluding steroid dienone is 3. The number of carboxylic acids is 1. The summed E-state index contributed by atoms with van der Waals surface area (Å²) in [6.45, 7) is 1.72. The maximum Gasteiger partial charge on any atom is 0.303 e. The maximum atomic E-state index is 10.2. The van der Waals surface area contributed by atoms with E-state index < -0.39 is 12.1 Å². The van der Waals surface area contributed by atoms with Gasteiger partial charge in [-0.15, -0.1) is 0 Å². The maximum absolute atomic E-state index is 10.2. The van der Waals surface area contributed by atoms with Crippen molar-refractivity contribution in [2.24, 2.45) is 0 Å². The Morgan fingerprint density at radius 1 is 1.22 bits per heavy atom. The Labute approximate surface area is 113 Å². The smallest absolute Gasteiger partial charge is 0.303 e. The van der Waals surface area contributed by atoms with E-state index in [1.54, 1.807) is 24.8 Å². The van der Waals surface area contributed by atoms with Gasteiger partial charge in [0.2, 0.25) is 0 Å². The van der Waals surface area contributed by atoms with Crippen LogP contribution in [-0.4, -0.2) is 33.8 Å². The number of thioether (sulfide) groups is 1. The van der Waals surface area contributed by atoms with Crippen LogP contribution in [0.25, 0.3) is 0 Å². The van der Waals surface area contributed by atoms with Crippen LogP contribution in [0, 0.1) is 0 Å². The summed E-state index contributed by atoms with van der Waals surface area (Å²) >= 11 is 1.79. The summed E-state index contributed by atoms with van der Waals surface area (Å²) in [5, 5.41) is 17.4. The van der Waals surface area contributed by atoms with Crippen molar-refractivity contribution >= 4 is 17.7 Å². The lowest BCUT2D eigenvalue weighted by molar-refractivity contribution is -0.137. The number of hydrogen-bond acceptors (Lipinski definition) is 3.